The van der Waals surface area contributed by atoms with Gasteiger partial charge in [0.25, 0.3) is 0 Å². The number of nitrogens with one attached hydrogen (secondary N) is 1. The fourth-order valence-electron chi connectivity index (χ4n) is 0.468. The Balaban J connectivity index is 2.74. The van der Waals surface area contributed by atoms with Crippen LogP contribution in [0.3, 0.4) is 0 Å². The molecule has 1 rings (SSSR count). The SMILES string of the molecule is NC1=NN(N)NC(S)=C1. The van der Waals surface area contributed by atoms with Gasteiger partial charge in [0, 0.05) is 6.08 Å². The maximum atomic E-state index is 5.28. The van der Waals surface area contributed by atoms with Gasteiger partial charge in [0.15, 0.2) is 0 Å². The zero-order valence-corrected chi connectivity index (χ0v) is 5.47. The van der Waals surface area contributed by atoms with E-state index in [1.807, 2.05) is 0 Å². The van der Waals surface area contributed by atoms with Crippen LogP contribution < -0.4 is 17.0 Å². The van der Waals surface area contributed by atoms with Crippen molar-refractivity contribution in [2.75, 3.05) is 0 Å². The second kappa shape index (κ2) is 2.16. The Kier molecular flexibility index (Phi) is 1.50. The second-order valence-electron chi connectivity index (χ2n) is 1.51. The summed E-state index contributed by atoms with van der Waals surface area (Å²) in [5, 5.41) is 5.17. The average molecular weight is 145 g/mol. The van der Waals surface area contributed by atoms with Crippen LogP contribution in [0.1, 0.15) is 0 Å². The summed E-state index contributed by atoms with van der Waals surface area (Å²) in [6, 6.07) is 0. The van der Waals surface area contributed by atoms with Crippen LogP contribution in [0.25, 0.3) is 0 Å². The Morgan fingerprint density at radius 3 is 2.89 bits per heavy atom. The lowest BCUT2D eigenvalue weighted by Gasteiger charge is -2.18. The summed E-state index contributed by atoms with van der Waals surface area (Å²) >= 11 is 3.95. The van der Waals surface area contributed by atoms with E-state index in [9.17, 15) is 0 Å². The van der Waals surface area contributed by atoms with Gasteiger partial charge < -0.3 is 5.73 Å². The number of rotatable bonds is 0. The minimum Gasteiger partial charge on any atom is -0.382 e. The molecule has 0 aromatic rings. The number of thiol groups is 1. The van der Waals surface area contributed by atoms with Crippen LogP contribution in [0, 0.1) is 0 Å². The highest BCUT2D eigenvalue weighted by atomic mass is 32.1. The normalized spacial score (nSPS) is 18.2. The third-order valence-corrected chi connectivity index (χ3v) is 0.966. The summed E-state index contributed by atoms with van der Waals surface area (Å²) < 4.78 is 0. The number of hydrogen-bond acceptors (Lipinski definition) is 6. The predicted octanol–water partition coefficient (Wildman–Crippen LogP) is -1.28. The standard InChI is InChI=1S/C3H7N5S/c4-2-1-3(9)7-8(5)6-2/h1,7,9H,5H2,(H2,4,6). The lowest BCUT2D eigenvalue weighted by atomic mass is 10.5. The third kappa shape index (κ3) is 1.51. The maximum Gasteiger partial charge on any atom is 0.149 e. The van der Waals surface area contributed by atoms with Crippen LogP contribution in [0.4, 0.5) is 0 Å². The molecule has 0 atom stereocenters. The Labute approximate surface area is 57.7 Å². The minimum atomic E-state index is 0.334. The van der Waals surface area contributed by atoms with E-state index in [0.29, 0.717) is 10.9 Å². The first-order valence-electron chi connectivity index (χ1n) is 2.25. The molecule has 5 nitrogen and oxygen atoms in total. The first-order valence-corrected chi connectivity index (χ1v) is 2.69. The summed E-state index contributed by atoms with van der Waals surface area (Å²) in [5.41, 5.74) is 7.86. The van der Waals surface area contributed by atoms with E-state index in [1.165, 1.54) is 0 Å². The van der Waals surface area contributed by atoms with Gasteiger partial charge in [-0.05, 0) is 0 Å². The molecule has 0 aromatic heterocycles. The van der Waals surface area contributed by atoms with Crippen molar-refractivity contribution < 1.29 is 0 Å². The Morgan fingerprint density at radius 1 is 1.78 bits per heavy atom. The summed E-state index contributed by atoms with van der Waals surface area (Å²) in [6.07, 6.45) is 1.56. The van der Waals surface area contributed by atoms with Crippen LogP contribution in [0.5, 0.6) is 0 Å². The van der Waals surface area contributed by atoms with Crippen molar-refractivity contribution in [3.63, 3.8) is 0 Å². The van der Waals surface area contributed by atoms with E-state index in [1.54, 1.807) is 6.08 Å². The highest BCUT2D eigenvalue weighted by molar-refractivity contribution is 7.84. The summed E-state index contributed by atoms with van der Waals surface area (Å²) in [4.78, 5) is 0. The molecule has 0 bridgehead atoms. The molecule has 0 amide bonds. The number of nitrogens with two attached hydrogens (primary N) is 2. The van der Waals surface area contributed by atoms with E-state index >= 15 is 0 Å². The van der Waals surface area contributed by atoms with Crippen LogP contribution >= 0.6 is 12.6 Å². The van der Waals surface area contributed by atoms with Crippen LogP contribution in [-0.2, 0) is 0 Å². The number of amidine groups is 1. The lowest BCUT2D eigenvalue weighted by molar-refractivity contribution is 0.233. The van der Waals surface area contributed by atoms with Crippen molar-refractivity contribution in [1.29, 1.82) is 0 Å². The molecule has 9 heavy (non-hydrogen) atoms. The van der Waals surface area contributed by atoms with E-state index in [0.717, 1.165) is 5.23 Å². The monoisotopic (exact) mass is 145 g/mol. The van der Waals surface area contributed by atoms with E-state index in [2.05, 4.69) is 23.2 Å². The molecule has 5 N–H and O–H groups in total. The molecule has 0 spiro atoms. The van der Waals surface area contributed by atoms with Crippen molar-refractivity contribution in [3.8, 4) is 0 Å². The molecule has 0 aromatic carbocycles. The van der Waals surface area contributed by atoms with Gasteiger partial charge in [-0.25, -0.2) is 5.84 Å². The fourth-order valence-corrected chi connectivity index (χ4v) is 0.703. The molecule has 0 unspecified atom stereocenters. The number of hydrazone groups is 1. The molecule has 1 heterocycles. The summed E-state index contributed by atoms with van der Waals surface area (Å²) in [7, 11) is 0. The predicted molar refractivity (Wildman–Crippen MR) is 37.9 cm³/mol. The minimum absolute atomic E-state index is 0.334. The summed E-state index contributed by atoms with van der Waals surface area (Å²) in [6.45, 7) is 0. The maximum absolute atomic E-state index is 5.28. The molecule has 0 fully saturated rings. The van der Waals surface area contributed by atoms with Gasteiger partial charge in [-0.3, -0.25) is 5.43 Å². The van der Waals surface area contributed by atoms with Gasteiger partial charge in [0.1, 0.15) is 5.84 Å². The van der Waals surface area contributed by atoms with Crippen molar-refractivity contribution in [2.45, 2.75) is 0 Å². The molecule has 0 aliphatic carbocycles. The van der Waals surface area contributed by atoms with Gasteiger partial charge in [0.05, 0.1) is 5.03 Å². The highest BCUT2D eigenvalue weighted by Gasteiger charge is 2.02. The smallest absolute Gasteiger partial charge is 0.149 e. The molecular weight excluding hydrogens is 138 g/mol. The third-order valence-electron chi connectivity index (χ3n) is 0.737. The zero-order chi connectivity index (χ0) is 6.85. The molecule has 1 aliphatic heterocycles. The number of hydrogen-bond donors (Lipinski definition) is 4. The summed E-state index contributed by atoms with van der Waals surface area (Å²) in [5.74, 6) is 5.52. The van der Waals surface area contributed by atoms with Gasteiger partial charge >= 0.3 is 0 Å². The number of nitrogens with zero attached hydrogens (tertiary/aromatic N) is 2. The van der Waals surface area contributed by atoms with Crippen LogP contribution in [0.15, 0.2) is 16.2 Å². The van der Waals surface area contributed by atoms with Crippen molar-refractivity contribution in [1.82, 2.24) is 10.7 Å². The average Bonchev–Trinajstić information content (AvgIpc) is 1.59. The molecule has 6 heteroatoms. The van der Waals surface area contributed by atoms with Crippen LogP contribution in [-0.4, -0.2) is 11.1 Å². The Morgan fingerprint density at radius 2 is 2.44 bits per heavy atom. The van der Waals surface area contributed by atoms with Gasteiger partial charge in [-0.15, -0.1) is 23.0 Å². The molecule has 50 valence electrons. The molecule has 1 aliphatic rings. The quantitative estimate of drug-likeness (QED) is 0.253. The van der Waals surface area contributed by atoms with Gasteiger partial charge in [-0.2, -0.15) is 0 Å². The molecule has 0 radical (unpaired) electrons. The lowest BCUT2D eigenvalue weighted by Crippen LogP contribution is -2.42. The zero-order valence-electron chi connectivity index (χ0n) is 4.57. The van der Waals surface area contributed by atoms with E-state index < -0.39 is 0 Å². The van der Waals surface area contributed by atoms with Gasteiger partial charge in [-0.1, -0.05) is 0 Å². The topological polar surface area (TPSA) is 79.7 Å². The first kappa shape index (κ1) is 6.24. The largest absolute Gasteiger partial charge is 0.382 e. The highest BCUT2D eigenvalue weighted by Crippen LogP contribution is 1.98. The van der Waals surface area contributed by atoms with Crippen molar-refractivity contribution >= 4 is 18.5 Å². The number of hydrazine groups is 2. The fraction of sp³-hybridized carbons (Fsp3) is 0. The van der Waals surface area contributed by atoms with Crippen molar-refractivity contribution in [2.24, 2.45) is 16.7 Å². The van der Waals surface area contributed by atoms with E-state index in [-0.39, 0.29) is 0 Å². The van der Waals surface area contributed by atoms with Crippen molar-refractivity contribution in [3.05, 3.63) is 11.1 Å². The molecule has 0 saturated heterocycles. The Hall–Kier alpha value is -0.880. The van der Waals surface area contributed by atoms with Crippen LogP contribution in [0.2, 0.25) is 0 Å². The van der Waals surface area contributed by atoms with E-state index in [4.69, 9.17) is 11.6 Å². The molecule has 0 saturated carbocycles. The second-order valence-corrected chi connectivity index (χ2v) is 1.99. The molecular formula is C3H7N5S. The first-order chi connectivity index (χ1) is 4.18. The Bertz CT molecular complexity index is 173. The van der Waals surface area contributed by atoms with Gasteiger partial charge in [0.2, 0.25) is 0 Å².